The predicted octanol–water partition coefficient (Wildman–Crippen LogP) is 3.04. The standard InChI is InChI=1S/C15H19N3O2/c1-10-13(14(18-17-10)12-8-5-9-20-12)15(19)16-11-6-3-2-4-7-11/h5,8-9,11H,2-4,6-7H2,1H3,(H,16,19)(H,17,18). The highest BCUT2D eigenvalue weighted by molar-refractivity contribution is 6.00. The first-order valence-corrected chi connectivity index (χ1v) is 7.15. The summed E-state index contributed by atoms with van der Waals surface area (Å²) in [5.41, 5.74) is 1.94. The minimum absolute atomic E-state index is 0.0606. The van der Waals surface area contributed by atoms with Crippen LogP contribution >= 0.6 is 0 Å². The maximum absolute atomic E-state index is 12.5. The largest absolute Gasteiger partial charge is 0.463 e. The van der Waals surface area contributed by atoms with Gasteiger partial charge in [-0.15, -0.1) is 0 Å². The highest BCUT2D eigenvalue weighted by Crippen LogP contribution is 2.25. The van der Waals surface area contributed by atoms with E-state index in [1.165, 1.54) is 19.3 Å². The molecule has 1 amide bonds. The molecule has 2 N–H and O–H groups in total. The number of aromatic nitrogens is 2. The Kier molecular flexibility index (Phi) is 3.58. The lowest BCUT2D eigenvalue weighted by atomic mass is 9.95. The maximum atomic E-state index is 12.5. The SMILES string of the molecule is Cc1[nH]nc(-c2ccco2)c1C(=O)NC1CCCCC1. The second-order valence-electron chi connectivity index (χ2n) is 5.36. The van der Waals surface area contributed by atoms with Crippen molar-refractivity contribution in [2.75, 3.05) is 0 Å². The number of amides is 1. The summed E-state index contributed by atoms with van der Waals surface area (Å²) in [5.74, 6) is 0.553. The van der Waals surface area contributed by atoms with E-state index in [1.807, 2.05) is 13.0 Å². The van der Waals surface area contributed by atoms with Crippen molar-refractivity contribution < 1.29 is 9.21 Å². The van der Waals surface area contributed by atoms with Crippen molar-refractivity contribution in [3.8, 4) is 11.5 Å². The van der Waals surface area contributed by atoms with Gasteiger partial charge in [0, 0.05) is 11.7 Å². The van der Waals surface area contributed by atoms with Gasteiger partial charge < -0.3 is 9.73 Å². The minimum Gasteiger partial charge on any atom is -0.463 e. The van der Waals surface area contributed by atoms with Gasteiger partial charge in [0.1, 0.15) is 5.69 Å². The molecule has 0 aromatic carbocycles. The van der Waals surface area contributed by atoms with Gasteiger partial charge in [-0.2, -0.15) is 5.10 Å². The molecule has 3 rings (SSSR count). The Hall–Kier alpha value is -2.04. The van der Waals surface area contributed by atoms with Crippen LogP contribution in [0.15, 0.2) is 22.8 Å². The van der Waals surface area contributed by atoms with Gasteiger partial charge in [0.15, 0.2) is 5.76 Å². The van der Waals surface area contributed by atoms with E-state index in [0.29, 0.717) is 17.0 Å². The number of nitrogens with one attached hydrogen (secondary N) is 2. The zero-order chi connectivity index (χ0) is 13.9. The molecular weight excluding hydrogens is 254 g/mol. The van der Waals surface area contributed by atoms with Gasteiger partial charge in [-0.25, -0.2) is 0 Å². The van der Waals surface area contributed by atoms with Gasteiger partial charge in [-0.05, 0) is 31.9 Å². The first-order valence-electron chi connectivity index (χ1n) is 7.15. The molecule has 0 aliphatic heterocycles. The van der Waals surface area contributed by atoms with Crippen molar-refractivity contribution in [3.63, 3.8) is 0 Å². The van der Waals surface area contributed by atoms with E-state index in [0.717, 1.165) is 18.5 Å². The Labute approximate surface area is 117 Å². The fourth-order valence-electron chi connectivity index (χ4n) is 2.80. The van der Waals surface area contributed by atoms with E-state index in [2.05, 4.69) is 15.5 Å². The lowest BCUT2D eigenvalue weighted by molar-refractivity contribution is 0.0927. The van der Waals surface area contributed by atoms with Crippen molar-refractivity contribution in [2.24, 2.45) is 0 Å². The van der Waals surface area contributed by atoms with Crippen LogP contribution in [0.5, 0.6) is 0 Å². The number of aromatic amines is 1. The lowest BCUT2D eigenvalue weighted by Gasteiger charge is -2.22. The second-order valence-corrected chi connectivity index (χ2v) is 5.36. The molecule has 2 aromatic heterocycles. The Morgan fingerprint density at radius 1 is 1.40 bits per heavy atom. The highest BCUT2D eigenvalue weighted by Gasteiger charge is 2.23. The Bertz CT molecular complexity index is 580. The van der Waals surface area contributed by atoms with Crippen LogP contribution in [-0.2, 0) is 0 Å². The minimum atomic E-state index is -0.0606. The molecule has 5 nitrogen and oxygen atoms in total. The Balaban J connectivity index is 1.82. The summed E-state index contributed by atoms with van der Waals surface area (Å²) in [6.07, 6.45) is 7.38. The van der Waals surface area contributed by atoms with Crippen LogP contribution < -0.4 is 5.32 Å². The maximum Gasteiger partial charge on any atom is 0.255 e. The quantitative estimate of drug-likeness (QED) is 0.903. The van der Waals surface area contributed by atoms with Crippen LogP contribution in [0.3, 0.4) is 0 Å². The fourth-order valence-corrected chi connectivity index (χ4v) is 2.80. The molecule has 0 spiro atoms. The van der Waals surface area contributed by atoms with Gasteiger partial charge in [0.2, 0.25) is 0 Å². The summed E-state index contributed by atoms with van der Waals surface area (Å²) >= 11 is 0. The second kappa shape index (κ2) is 5.53. The van der Waals surface area contributed by atoms with Crippen molar-refractivity contribution in [3.05, 3.63) is 29.7 Å². The number of carbonyl (C=O) groups excluding carboxylic acids is 1. The van der Waals surface area contributed by atoms with E-state index in [-0.39, 0.29) is 11.9 Å². The van der Waals surface area contributed by atoms with Gasteiger partial charge in [0.25, 0.3) is 5.91 Å². The van der Waals surface area contributed by atoms with Crippen LogP contribution in [0.1, 0.15) is 48.2 Å². The van der Waals surface area contributed by atoms with Crippen molar-refractivity contribution in [1.82, 2.24) is 15.5 Å². The van der Waals surface area contributed by atoms with Crippen molar-refractivity contribution in [1.29, 1.82) is 0 Å². The summed E-state index contributed by atoms with van der Waals surface area (Å²) in [5, 5.41) is 10.2. The van der Waals surface area contributed by atoms with Gasteiger partial charge in [0.05, 0.1) is 11.8 Å². The zero-order valence-electron chi connectivity index (χ0n) is 11.6. The summed E-state index contributed by atoms with van der Waals surface area (Å²) in [7, 11) is 0. The monoisotopic (exact) mass is 273 g/mol. The first-order chi connectivity index (χ1) is 9.75. The smallest absolute Gasteiger partial charge is 0.255 e. The number of nitrogens with zero attached hydrogens (tertiary/aromatic N) is 1. The van der Waals surface area contributed by atoms with Crippen LogP contribution in [-0.4, -0.2) is 22.1 Å². The molecule has 0 radical (unpaired) electrons. The summed E-state index contributed by atoms with van der Waals surface area (Å²) in [6, 6.07) is 3.89. The molecule has 1 aliphatic rings. The molecule has 0 unspecified atom stereocenters. The first kappa shape index (κ1) is 13.0. The number of rotatable bonds is 3. The molecule has 0 atom stereocenters. The van der Waals surface area contributed by atoms with Crippen molar-refractivity contribution in [2.45, 2.75) is 45.1 Å². The third-order valence-corrected chi connectivity index (χ3v) is 3.87. The number of hydrogen-bond acceptors (Lipinski definition) is 3. The molecule has 1 fully saturated rings. The van der Waals surface area contributed by atoms with Crippen LogP contribution in [0.25, 0.3) is 11.5 Å². The molecule has 1 aliphatic carbocycles. The van der Waals surface area contributed by atoms with E-state index < -0.39 is 0 Å². The van der Waals surface area contributed by atoms with E-state index in [9.17, 15) is 4.79 Å². The van der Waals surface area contributed by atoms with E-state index >= 15 is 0 Å². The Morgan fingerprint density at radius 3 is 2.90 bits per heavy atom. The Morgan fingerprint density at radius 2 is 2.20 bits per heavy atom. The molecule has 0 saturated heterocycles. The van der Waals surface area contributed by atoms with Crippen LogP contribution in [0.2, 0.25) is 0 Å². The topological polar surface area (TPSA) is 70.9 Å². The number of hydrogen-bond donors (Lipinski definition) is 2. The molecule has 0 bridgehead atoms. The summed E-state index contributed by atoms with van der Waals surface area (Å²) in [4.78, 5) is 12.5. The molecule has 2 aromatic rings. The van der Waals surface area contributed by atoms with Gasteiger partial charge >= 0.3 is 0 Å². The average molecular weight is 273 g/mol. The van der Waals surface area contributed by atoms with E-state index in [4.69, 9.17) is 4.42 Å². The van der Waals surface area contributed by atoms with Crippen molar-refractivity contribution >= 4 is 5.91 Å². The molecular formula is C15H19N3O2. The molecule has 20 heavy (non-hydrogen) atoms. The summed E-state index contributed by atoms with van der Waals surface area (Å²) < 4.78 is 5.35. The average Bonchev–Trinajstić information content (AvgIpc) is 3.08. The third kappa shape index (κ3) is 2.48. The fraction of sp³-hybridized carbons (Fsp3) is 0.467. The number of furan rings is 1. The zero-order valence-corrected chi connectivity index (χ0v) is 11.6. The normalized spacial score (nSPS) is 16.2. The van der Waals surface area contributed by atoms with Crippen LogP contribution in [0, 0.1) is 6.92 Å². The van der Waals surface area contributed by atoms with Gasteiger partial charge in [-0.3, -0.25) is 9.89 Å². The molecule has 5 heteroatoms. The predicted molar refractivity (Wildman–Crippen MR) is 75.4 cm³/mol. The van der Waals surface area contributed by atoms with Crippen LogP contribution in [0.4, 0.5) is 0 Å². The lowest BCUT2D eigenvalue weighted by Crippen LogP contribution is -2.36. The number of H-pyrrole nitrogens is 1. The molecule has 106 valence electrons. The molecule has 1 saturated carbocycles. The third-order valence-electron chi connectivity index (χ3n) is 3.87. The highest BCUT2D eigenvalue weighted by atomic mass is 16.3. The van der Waals surface area contributed by atoms with E-state index in [1.54, 1.807) is 12.3 Å². The number of carbonyl (C=O) groups is 1. The van der Waals surface area contributed by atoms with Gasteiger partial charge in [-0.1, -0.05) is 19.3 Å². The number of aryl methyl sites for hydroxylation is 1. The molecule has 2 heterocycles. The summed E-state index contributed by atoms with van der Waals surface area (Å²) in [6.45, 7) is 1.86.